The van der Waals surface area contributed by atoms with Crippen molar-refractivity contribution >= 4 is 22.6 Å². The first-order valence-corrected chi connectivity index (χ1v) is 7.26. The van der Waals surface area contributed by atoms with Gasteiger partial charge in [-0.25, -0.2) is 0 Å². The molecule has 0 radical (unpaired) electrons. The van der Waals surface area contributed by atoms with Gasteiger partial charge in [0.25, 0.3) is 0 Å². The lowest BCUT2D eigenvalue weighted by Gasteiger charge is -2.18. The van der Waals surface area contributed by atoms with E-state index < -0.39 is 0 Å². The van der Waals surface area contributed by atoms with E-state index in [2.05, 4.69) is 70.1 Å². The highest BCUT2D eigenvalue weighted by Gasteiger charge is 2.11. The summed E-state index contributed by atoms with van der Waals surface area (Å²) in [5, 5.41) is 3.53. The maximum atomic E-state index is 4.41. The van der Waals surface area contributed by atoms with Gasteiger partial charge in [-0.1, -0.05) is 25.1 Å². The fourth-order valence-electron chi connectivity index (χ4n) is 2.01. The Balaban J connectivity index is 2.18. The predicted molar refractivity (Wildman–Crippen MR) is 83.5 cm³/mol. The van der Waals surface area contributed by atoms with E-state index in [-0.39, 0.29) is 0 Å². The minimum Gasteiger partial charge on any atom is -0.310 e. The summed E-state index contributed by atoms with van der Waals surface area (Å²) in [6, 6.07) is 15.1. The maximum Gasteiger partial charge on any atom is 0.0422 e. The molecule has 1 atom stereocenters. The second-order valence-corrected chi connectivity index (χ2v) is 5.44. The zero-order valence-corrected chi connectivity index (χ0v) is 12.6. The standard InChI is InChI=1S/C15H17IN2/c1-2-17-15(11-14-8-3-4-9-18-14)12-6-5-7-13(16)10-12/h3-10,15,17H,2,11H2,1H3. The summed E-state index contributed by atoms with van der Waals surface area (Å²) >= 11 is 2.35. The van der Waals surface area contributed by atoms with Gasteiger partial charge < -0.3 is 5.32 Å². The van der Waals surface area contributed by atoms with Crippen molar-refractivity contribution in [3.63, 3.8) is 0 Å². The summed E-state index contributed by atoms with van der Waals surface area (Å²) in [6.07, 6.45) is 2.78. The van der Waals surface area contributed by atoms with Crippen LogP contribution >= 0.6 is 22.6 Å². The molecule has 1 N–H and O–H groups in total. The summed E-state index contributed by atoms with van der Waals surface area (Å²) in [6.45, 7) is 3.10. The van der Waals surface area contributed by atoms with E-state index >= 15 is 0 Å². The van der Waals surface area contributed by atoms with Crippen LogP contribution in [-0.4, -0.2) is 11.5 Å². The fourth-order valence-corrected chi connectivity index (χ4v) is 2.57. The van der Waals surface area contributed by atoms with Crippen molar-refractivity contribution in [2.24, 2.45) is 0 Å². The molecule has 94 valence electrons. The minimum atomic E-state index is 0.333. The Morgan fingerprint density at radius 3 is 2.78 bits per heavy atom. The molecule has 1 aromatic heterocycles. The second-order valence-electron chi connectivity index (χ2n) is 4.19. The number of nitrogens with zero attached hydrogens (tertiary/aromatic N) is 1. The summed E-state index contributed by atoms with van der Waals surface area (Å²) < 4.78 is 1.27. The molecular formula is C15H17IN2. The molecule has 2 nitrogen and oxygen atoms in total. The smallest absolute Gasteiger partial charge is 0.0422 e. The Kier molecular flexibility index (Phi) is 5.13. The molecule has 0 saturated carbocycles. The van der Waals surface area contributed by atoms with E-state index in [4.69, 9.17) is 0 Å². The summed E-state index contributed by atoms with van der Waals surface area (Å²) in [5.41, 5.74) is 2.46. The molecule has 0 saturated heterocycles. The van der Waals surface area contributed by atoms with E-state index in [9.17, 15) is 0 Å². The monoisotopic (exact) mass is 352 g/mol. The molecule has 0 spiro atoms. The average molecular weight is 352 g/mol. The lowest BCUT2D eigenvalue weighted by Crippen LogP contribution is -2.23. The molecule has 1 heterocycles. The van der Waals surface area contributed by atoms with Crippen molar-refractivity contribution < 1.29 is 0 Å². The molecule has 18 heavy (non-hydrogen) atoms. The third kappa shape index (κ3) is 3.78. The van der Waals surface area contributed by atoms with E-state index in [1.165, 1.54) is 9.13 Å². The fraction of sp³-hybridized carbons (Fsp3) is 0.267. The third-order valence-electron chi connectivity index (χ3n) is 2.84. The Hall–Kier alpha value is -0.940. The molecule has 0 fully saturated rings. The average Bonchev–Trinajstić information content (AvgIpc) is 2.39. The molecule has 1 unspecified atom stereocenters. The van der Waals surface area contributed by atoms with Crippen molar-refractivity contribution in [3.05, 3.63) is 63.5 Å². The highest BCUT2D eigenvalue weighted by molar-refractivity contribution is 14.1. The van der Waals surface area contributed by atoms with Gasteiger partial charge in [0.2, 0.25) is 0 Å². The van der Waals surface area contributed by atoms with Gasteiger partial charge in [0, 0.05) is 27.9 Å². The van der Waals surface area contributed by atoms with Crippen LogP contribution in [0.2, 0.25) is 0 Å². The number of pyridine rings is 1. The van der Waals surface area contributed by atoms with Crippen LogP contribution in [0.5, 0.6) is 0 Å². The Bertz CT molecular complexity index is 485. The number of nitrogens with one attached hydrogen (secondary N) is 1. The van der Waals surface area contributed by atoms with Crippen molar-refractivity contribution in [2.45, 2.75) is 19.4 Å². The molecule has 1 aromatic carbocycles. The van der Waals surface area contributed by atoms with Gasteiger partial charge in [-0.3, -0.25) is 4.98 Å². The highest BCUT2D eigenvalue weighted by atomic mass is 127. The third-order valence-corrected chi connectivity index (χ3v) is 3.51. The van der Waals surface area contributed by atoms with Crippen LogP contribution in [0.4, 0.5) is 0 Å². The topological polar surface area (TPSA) is 24.9 Å². The number of hydrogen-bond acceptors (Lipinski definition) is 2. The molecule has 0 bridgehead atoms. The Morgan fingerprint density at radius 1 is 1.22 bits per heavy atom. The first-order valence-electron chi connectivity index (χ1n) is 6.18. The number of likely N-dealkylation sites (N-methyl/N-ethyl adjacent to an activating group) is 1. The normalized spacial score (nSPS) is 12.3. The zero-order valence-electron chi connectivity index (χ0n) is 10.4. The first-order chi connectivity index (χ1) is 8.79. The van der Waals surface area contributed by atoms with Crippen molar-refractivity contribution in [3.8, 4) is 0 Å². The van der Waals surface area contributed by atoms with Crippen LogP contribution in [0.25, 0.3) is 0 Å². The molecule has 0 aliphatic carbocycles. The number of benzene rings is 1. The number of aromatic nitrogens is 1. The van der Waals surface area contributed by atoms with E-state index in [1.54, 1.807) is 0 Å². The SMILES string of the molecule is CCNC(Cc1ccccn1)c1cccc(I)c1. The Labute approximate surface area is 122 Å². The van der Waals surface area contributed by atoms with Crippen LogP contribution in [-0.2, 0) is 6.42 Å². The van der Waals surface area contributed by atoms with Crippen LogP contribution in [0.15, 0.2) is 48.7 Å². The quantitative estimate of drug-likeness (QED) is 0.832. The van der Waals surface area contributed by atoms with Crippen LogP contribution in [0.3, 0.4) is 0 Å². The van der Waals surface area contributed by atoms with E-state index in [0.29, 0.717) is 6.04 Å². The van der Waals surface area contributed by atoms with Crippen LogP contribution in [0, 0.1) is 3.57 Å². The van der Waals surface area contributed by atoms with E-state index in [0.717, 1.165) is 18.7 Å². The highest BCUT2D eigenvalue weighted by Crippen LogP contribution is 2.19. The van der Waals surface area contributed by atoms with Gasteiger partial charge in [0.15, 0.2) is 0 Å². The summed E-state index contributed by atoms with van der Waals surface area (Å²) in [7, 11) is 0. The van der Waals surface area contributed by atoms with Crippen molar-refractivity contribution in [1.29, 1.82) is 0 Å². The van der Waals surface area contributed by atoms with E-state index in [1.807, 2.05) is 18.3 Å². The zero-order chi connectivity index (χ0) is 12.8. The lowest BCUT2D eigenvalue weighted by atomic mass is 10.0. The maximum absolute atomic E-state index is 4.41. The molecule has 0 amide bonds. The number of rotatable bonds is 5. The molecule has 2 aromatic rings. The molecule has 0 aliphatic heterocycles. The van der Waals surface area contributed by atoms with Gasteiger partial charge in [0.05, 0.1) is 0 Å². The van der Waals surface area contributed by atoms with Crippen molar-refractivity contribution in [2.75, 3.05) is 6.54 Å². The second kappa shape index (κ2) is 6.85. The van der Waals surface area contributed by atoms with Gasteiger partial charge in [-0.15, -0.1) is 0 Å². The predicted octanol–water partition coefficient (Wildman–Crippen LogP) is 3.58. The number of halogens is 1. The van der Waals surface area contributed by atoms with Crippen LogP contribution in [0.1, 0.15) is 24.2 Å². The Morgan fingerprint density at radius 2 is 2.11 bits per heavy atom. The van der Waals surface area contributed by atoms with Gasteiger partial charge in [-0.05, 0) is 59.0 Å². The van der Waals surface area contributed by atoms with Crippen LogP contribution < -0.4 is 5.32 Å². The molecule has 2 rings (SSSR count). The van der Waals surface area contributed by atoms with Gasteiger partial charge in [0.1, 0.15) is 0 Å². The van der Waals surface area contributed by atoms with Gasteiger partial charge >= 0.3 is 0 Å². The minimum absolute atomic E-state index is 0.333. The molecule has 0 aliphatic rings. The summed E-state index contributed by atoms with van der Waals surface area (Å²) in [4.78, 5) is 4.41. The number of hydrogen-bond donors (Lipinski definition) is 1. The van der Waals surface area contributed by atoms with Crippen molar-refractivity contribution in [1.82, 2.24) is 10.3 Å². The lowest BCUT2D eigenvalue weighted by molar-refractivity contribution is 0.544. The molecular weight excluding hydrogens is 335 g/mol. The largest absolute Gasteiger partial charge is 0.310 e. The first kappa shape index (κ1) is 13.5. The molecule has 3 heteroatoms. The van der Waals surface area contributed by atoms with Gasteiger partial charge in [-0.2, -0.15) is 0 Å². The summed E-state index contributed by atoms with van der Waals surface area (Å²) in [5.74, 6) is 0.